The maximum atomic E-state index is 13.9. The zero-order chi connectivity index (χ0) is 28.6. The summed E-state index contributed by atoms with van der Waals surface area (Å²) in [6.07, 6.45) is 0. The van der Waals surface area contributed by atoms with Crippen LogP contribution in [0.3, 0.4) is 0 Å². The van der Waals surface area contributed by atoms with Crippen molar-refractivity contribution in [3.63, 3.8) is 0 Å². The average Bonchev–Trinajstić information content (AvgIpc) is 2.92. The second-order valence-corrected chi connectivity index (χ2v) is 11.7. The Labute approximate surface area is 239 Å². The lowest BCUT2D eigenvalue weighted by Gasteiger charge is -2.32. The number of carbonyl (C=O) groups excluding carboxylic acids is 2. The highest BCUT2D eigenvalue weighted by atomic mass is 79.9. The van der Waals surface area contributed by atoms with Crippen molar-refractivity contribution in [2.75, 3.05) is 24.0 Å². The molecule has 2 amide bonds. The van der Waals surface area contributed by atoms with Gasteiger partial charge in [0.1, 0.15) is 18.3 Å². The van der Waals surface area contributed by atoms with Gasteiger partial charge < -0.3 is 15.0 Å². The van der Waals surface area contributed by atoms with Crippen LogP contribution in [0.1, 0.15) is 31.9 Å². The van der Waals surface area contributed by atoms with Crippen molar-refractivity contribution in [1.29, 1.82) is 0 Å². The Kier molecular flexibility index (Phi) is 10.5. The molecular formula is C29H34BrN3O5S. The summed E-state index contributed by atoms with van der Waals surface area (Å²) in [4.78, 5) is 28.2. The molecule has 208 valence electrons. The Balaban J connectivity index is 2.04. The number of hydrogen-bond acceptors (Lipinski definition) is 5. The standard InChI is InChI=1S/C29H34BrN3O5S/c1-5-31-29(35)22(4)32(19-23-10-8-7-9-21(23)3)28(34)20-33(25-13-15-26(16-14-25)38-6-2)39(36,37)27-17-11-24(30)12-18-27/h7-18,22H,5-6,19-20H2,1-4H3,(H,31,35)/t22-/m0/s1. The number of hydrogen-bond donors (Lipinski definition) is 1. The molecule has 0 aliphatic rings. The van der Waals surface area contributed by atoms with Gasteiger partial charge in [0.15, 0.2) is 0 Å². The number of halogens is 1. The summed E-state index contributed by atoms with van der Waals surface area (Å²) in [5.74, 6) is -0.242. The number of ether oxygens (including phenoxy) is 1. The second-order valence-electron chi connectivity index (χ2n) is 8.91. The lowest BCUT2D eigenvalue weighted by Crippen LogP contribution is -2.51. The molecule has 0 aliphatic carbocycles. The summed E-state index contributed by atoms with van der Waals surface area (Å²) >= 11 is 3.33. The zero-order valence-corrected chi connectivity index (χ0v) is 25.0. The molecule has 0 fully saturated rings. The Morgan fingerprint density at radius 1 is 0.974 bits per heavy atom. The van der Waals surface area contributed by atoms with E-state index in [1.54, 1.807) is 50.2 Å². The lowest BCUT2D eigenvalue weighted by atomic mass is 10.1. The predicted octanol–water partition coefficient (Wildman–Crippen LogP) is 4.90. The minimum absolute atomic E-state index is 0.0367. The van der Waals surface area contributed by atoms with Crippen molar-refractivity contribution in [3.05, 3.63) is 88.4 Å². The molecule has 3 rings (SSSR count). The van der Waals surface area contributed by atoms with Gasteiger partial charge in [0.05, 0.1) is 17.2 Å². The molecule has 1 atom stereocenters. The van der Waals surface area contributed by atoms with Crippen LogP contribution >= 0.6 is 15.9 Å². The van der Waals surface area contributed by atoms with Crippen LogP contribution in [0.15, 0.2) is 82.2 Å². The van der Waals surface area contributed by atoms with E-state index < -0.39 is 28.5 Å². The quantitative estimate of drug-likeness (QED) is 0.312. The summed E-state index contributed by atoms with van der Waals surface area (Å²) in [6, 6.07) is 19.5. The molecule has 0 spiro atoms. The summed E-state index contributed by atoms with van der Waals surface area (Å²) in [6.45, 7) is 7.76. The molecule has 1 N–H and O–H groups in total. The summed E-state index contributed by atoms with van der Waals surface area (Å²) in [7, 11) is -4.14. The van der Waals surface area contributed by atoms with Gasteiger partial charge in [0.2, 0.25) is 11.8 Å². The number of aryl methyl sites for hydroxylation is 1. The van der Waals surface area contributed by atoms with E-state index >= 15 is 0 Å². The fourth-order valence-corrected chi connectivity index (χ4v) is 5.69. The molecular weight excluding hydrogens is 582 g/mol. The van der Waals surface area contributed by atoms with Crippen LogP contribution < -0.4 is 14.4 Å². The number of rotatable bonds is 12. The number of sulfonamides is 1. The summed E-state index contributed by atoms with van der Waals surface area (Å²) < 4.78 is 35.0. The maximum absolute atomic E-state index is 13.9. The number of amides is 2. The van der Waals surface area contributed by atoms with E-state index in [9.17, 15) is 18.0 Å². The predicted molar refractivity (Wildman–Crippen MR) is 156 cm³/mol. The van der Waals surface area contributed by atoms with Gasteiger partial charge in [-0.05, 0) is 87.4 Å². The van der Waals surface area contributed by atoms with Gasteiger partial charge in [-0.2, -0.15) is 0 Å². The Bertz CT molecular complexity index is 1380. The Hall–Kier alpha value is -3.37. The van der Waals surface area contributed by atoms with Crippen molar-refractivity contribution in [3.8, 4) is 5.75 Å². The first kappa shape index (κ1) is 30.2. The second kappa shape index (κ2) is 13.6. The van der Waals surface area contributed by atoms with E-state index in [0.29, 0.717) is 24.6 Å². The van der Waals surface area contributed by atoms with Gasteiger partial charge >= 0.3 is 0 Å². The monoisotopic (exact) mass is 615 g/mol. The van der Waals surface area contributed by atoms with Crippen LogP contribution in [0, 0.1) is 6.92 Å². The SMILES string of the molecule is CCNC(=O)[C@H](C)N(Cc1ccccc1C)C(=O)CN(c1ccc(OCC)cc1)S(=O)(=O)c1ccc(Br)cc1. The first-order chi connectivity index (χ1) is 18.6. The third-order valence-corrected chi connectivity index (χ3v) is 8.55. The number of benzene rings is 3. The molecule has 0 saturated carbocycles. The number of nitrogens with zero attached hydrogens (tertiary/aromatic N) is 2. The number of anilines is 1. The first-order valence-corrected chi connectivity index (χ1v) is 14.9. The largest absolute Gasteiger partial charge is 0.494 e. The molecule has 39 heavy (non-hydrogen) atoms. The fourth-order valence-electron chi connectivity index (χ4n) is 4.01. The highest BCUT2D eigenvalue weighted by molar-refractivity contribution is 9.10. The maximum Gasteiger partial charge on any atom is 0.264 e. The smallest absolute Gasteiger partial charge is 0.264 e. The highest BCUT2D eigenvalue weighted by Gasteiger charge is 2.32. The van der Waals surface area contributed by atoms with E-state index in [4.69, 9.17) is 4.74 Å². The third kappa shape index (κ3) is 7.60. The zero-order valence-electron chi connectivity index (χ0n) is 22.6. The molecule has 8 nitrogen and oxygen atoms in total. The highest BCUT2D eigenvalue weighted by Crippen LogP contribution is 2.27. The molecule has 0 radical (unpaired) electrons. The van der Waals surface area contributed by atoms with Gasteiger partial charge in [0.25, 0.3) is 10.0 Å². The molecule has 0 heterocycles. The topological polar surface area (TPSA) is 96.0 Å². The number of likely N-dealkylation sites (N-methyl/N-ethyl adjacent to an activating group) is 1. The minimum Gasteiger partial charge on any atom is -0.494 e. The van der Waals surface area contributed by atoms with Crippen LogP contribution in [0.4, 0.5) is 5.69 Å². The number of carbonyl (C=O) groups is 2. The van der Waals surface area contributed by atoms with Gasteiger partial charge in [-0.15, -0.1) is 0 Å². The van der Waals surface area contributed by atoms with Gasteiger partial charge in [-0.1, -0.05) is 40.2 Å². The average molecular weight is 617 g/mol. The molecule has 0 aliphatic heterocycles. The minimum atomic E-state index is -4.14. The Morgan fingerprint density at radius 2 is 1.62 bits per heavy atom. The van der Waals surface area contributed by atoms with E-state index in [2.05, 4.69) is 21.2 Å². The van der Waals surface area contributed by atoms with Gasteiger partial charge in [0, 0.05) is 17.6 Å². The number of nitrogens with one attached hydrogen (secondary N) is 1. The van der Waals surface area contributed by atoms with Crippen molar-refractivity contribution >= 4 is 43.5 Å². The Morgan fingerprint density at radius 3 is 2.21 bits per heavy atom. The molecule has 0 unspecified atom stereocenters. The van der Waals surface area contributed by atoms with E-state index in [1.165, 1.54) is 17.0 Å². The van der Waals surface area contributed by atoms with Crippen LogP contribution in [0.2, 0.25) is 0 Å². The molecule has 0 aromatic heterocycles. The van der Waals surface area contributed by atoms with Crippen molar-refractivity contribution in [1.82, 2.24) is 10.2 Å². The van der Waals surface area contributed by atoms with Crippen LogP contribution in [-0.4, -0.2) is 50.9 Å². The van der Waals surface area contributed by atoms with E-state index in [1.807, 2.05) is 38.1 Å². The van der Waals surface area contributed by atoms with Gasteiger partial charge in [-0.25, -0.2) is 8.42 Å². The first-order valence-electron chi connectivity index (χ1n) is 12.7. The van der Waals surface area contributed by atoms with Crippen molar-refractivity contribution < 1.29 is 22.7 Å². The fraction of sp³-hybridized carbons (Fsp3) is 0.310. The summed E-state index contributed by atoms with van der Waals surface area (Å²) in [5, 5.41) is 2.76. The molecule has 0 saturated heterocycles. The van der Waals surface area contributed by atoms with Crippen molar-refractivity contribution in [2.45, 2.75) is 45.2 Å². The van der Waals surface area contributed by atoms with Crippen molar-refractivity contribution in [2.24, 2.45) is 0 Å². The normalized spacial score (nSPS) is 11.9. The van der Waals surface area contributed by atoms with Crippen LogP contribution in [0.25, 0.3) is 0 Å². The van der Waals surface area contributed by atoms with Crippen LogP contribution in [0.5, 0.6) is 5.75 Å². The third-order valence-electron chi connectivity index (χ3n) is 6.24. The molecule has 0 bridgehead atoms. The van der Waals surface area contributed by atoms with Gasteiger partial charge in [-0.3, -0.25) is 13.9 Å². The summed E-state index contributed by atoms with van der Waals surface area (Å²) in [5.41, 5.74) is 2.13. The molecule has 10 heteroatoms. The van der Waals surface area contributed by atoms with Crippen LogP contribution in [-0.2, 0) is 26.2 Å². The molecule has 3 aromatic carbocycles. The van der Waals surface area contributed by atoms with E-state index in [-0.39, 0.29) is 17.3 Å². The lowest BCUT2D eigenvalue weighted by molar-refractivity contribution is -0.139. The molecule has 3 aromatic rings. The van der Waals surface area contributed by atoms with E-state index in [0.717, 1.165) is 19.9 Å².